The zero-order chi connectivity index (χ0) is 21.8. The average molecular weight is 493 g/mol. The molecule has 0 radical (unpaired) electrons. The number of halogens is 2. The van der Waals surface area contributed by atoms with Crippen LogP contribution in [0.5, 0.6) is 11.5 Å². The second kappa shape index (κ2) is 9.36. The molecular formula is C21H18BrFN2O4S. The summed E-state index contributed by atoms with van der Waals surface area (Å²) in [6, 6.07) is 9.47. The normalized spacial score (nSPS) is 15.4. The van der Waals surface area contributed by atoms with Crippen molar-refractivity contribution in [3.05, 3.63) is 63.4 Å². The SMILES string of the molecule is CCOc1cc(/C=C2\C(=O)NC(=S)N(C)C2=O)cc(Br)c1OCc1cccc(F)c1. The third kappa shape index (κ3) is 4.85. The Bertz CT molecular complexity index is 1060. The summed E-state index contributed by atoms with van der Waals surface area (Å²) >= 11 is 8.40. The van der Waals surface area contributed by atoms with Crippen LogP contribution in [-0.2, 0) is 16.2 Å². The first-order chi connectivity index (χ1) is 14.3. The van der Waals surface area contributed by atoms with Gasteiger partial charge in [-0.25, -0.2) is 4.39 Å². The average Bonchev–Trinajstić information content (AvgIpc) is 2.69. The van der Waals surface area contributed by atoms with Crippen LogP contribution >= 0.6 is 28.1 Å². The Morgan fingerprint density at radius 1 is 1.23 bits per heavy atom. The Morgan fingerprint density at radius 2 is 2.00 bits per heavy atom. The molecule has 156 valence electrons. The van der Waals surface area contributed by atoms with Gasteiger partial charge in [0.05, 0.1) is 11.1 Å². The van der Waals surface area contributed by atoms with Gasteiger partial charge in [0.2, 0.25) is 0 Å². The van der Waals surface area contributed by atoms with Crippen molar-refractivity contribution in [1.82, 2.24) is 10.2 Å². The predicted molar refractivity (Wildman–Crippen MR) is 118 cm³/mol. The van der Waals surface area contributed by atoms with Gasteiger partial charge in [-0.3, -0.25) is 19.8 Å². The number of benzene rings is 2. The fourth-order valence-electron chi connectivity index (χ4n) is 2.77. The molecule has 1 N–H and O–H groups in total. The van der Waals surface area contributed by atoms with Crippen molar-refractivity contribution in [2.75, 3.05) is 13.7 Å². The quantitative estimate of drug-likeness (QED) is 0.377. The molecule has 1 heterocycles. The number of likely N-dealkylation sites (N-methyl/N-ethyl adjacent to an activating group) is 1. The molecule has 0 aromatic heterocycles. The third-order valence-corrected chi connectivity index (χ3v) is 5.18. The van der Waals surface area contributed by atoms with Gasteiger partial charge in [-0.2, -0.15) is 0 Å². The zero-order valence-corrected chi connectivity index (χ0v) is 18.6. The summed E-state index contributed by atoms with van der Waals surface area (Å²) < 4.78 is 25.5. The van der Waals surface area contributed by atoms with Crippen LogP contribution in [0.15, 0.2) is 46.4 Å². The standard InChI is InChI=1S/C21H18BrFN2O4S/c1-3-28-17-10-13(8-15-19(26)24-21(30)25(2)20(15)27)9-16(22)18(17)29-11-12-5-4-6-14(23)7-12/h4-10H,3,11H2,1-2H3,(H,24,26,30)/b15-8+. The molecule has 6 nitrogen and oxygen atoms in total. The van der Waals surface area contributed by atoms with Crippen molar-refractivity contribution < 1.29 is 23.5 Å². The number of ether oxygens (including phenoxy) is 2. The van der Waals surface area contributed by atoms with Crippen molar-refractivity contribution in [3.8, 4) is 11.5 Å². The highest BCUT2D eigenvalue weighted by Gasteiger charge is 2.30. The first-order valence-electron chi connectivity index (χ1n) is 8.98. The molecule has 0 atom stereocenters. The lowest BCUT2D eigenvalue weighted by molar-refractivity contribution is -0.128. The van der Waals surface area contributed by atoms with Crippen LogP contribution in [0.1, 0.15) is 18.1 Å². The van der Waals surface area contributed by atoms with E-state index in [2.05, 4.69) is 21.2 Å². The third-order valence-electron chi connectivity index (χ3n) is 4.22. The number of amides is 2. The second-order valence-corrected chi connectivity index (χ2v) is 7.60. The minimum atomic E-state index is -0.566. The summed E-state index contributed by atoms with van der Waals surface area (Å²) in [4.78, 5) is 25.8. The molecule has 1 aliphatic rings. The topological polar surface area (TPSA) is 67.9 Å². The van der Waals surface area contributed by atoms with Crippen LogP contribution in [0.25, 0.3) is 6.08 Å². The fourth-order valence-corrected chi connectivity index (χ4v) is 3.52. The summed E-state index contributed by atoms with van der Waals surface area (Å²) in [5.74, 6) is -0.557. The van der Waals surface area contributed by atoms with Crippen LogP contribution in [0.2, 0.25) is 0 Å². The Kier molecular flexibility index (Phi) is 6.84. The van der Waals surface area contributed by atoms with Gasteiger partial charge in [0.25, 0.3) is 11.8 Å². The molecule has 0 bridgehead atoms. The van der Waals surface area contributed by atoms with E-state index in [1.165, 1.54) is 30.2 Å². The number of hydrogen-bond acceptors (Lipinski definition) is 5. The van der Waals surface area contributed by atoms with E-state index >= 15 is 0 Å². The van der Waals surface area contributed by atoms with Gasteiger partial charge in [0.1, 0.15) is 18.0 Å². The molecule has 1 aliphatic heterocycles. The highest BCUT2D eigenvalue weighted by Crippen LogP contribution is 2.38. The van der Waals surface area contributed by atoms with Gasteiger partial charge in [0, 0.05) is 7.05 Å². The lowest BCUT2D eigenvalue weighted by Crippen LogP contribution is -2.52. The van der Waals surface area contributed by atoms with E-state index in [1.807, 2.05) is 6.92 Å². The Morgan fingerprint density at radius 3 is 2.70 bits per heavy atom. The van der Waals surface area contributed by atoms with Crippen molar-refractivity contribution >= 4 is 51.2 Å². The predicted octanol–water partition coefficient (Wildman–Crippen LogP) is 3.82. The molecule has 0 saturated carbocycles. The van der Waals surface area contributed by atoms with Crippen LogP contribution in [-0.4, -0.2) is 35.5 Å². The summed E-state index contributed by atoms with van der Waals surface area (Å²) in [5, 5.41) is 2.52. The van der Waals surface area contributed by atoms with Crippen LogP contribution < -0.4 is 14.8 Å². The number of rotatable bonds is 6. The molecule has 0 unspecified atom stereocenters. The lowest BCUT2D eigenvalue weighted by atomic mass is 10.1. The smallest absolute Gasteiger partial charge is 0.265 e. The van der Waals surface area contributed by atoms with Crippen molar-refractivity contribution in [2.45, 2.75) is 13.5 Å². The van der Waals surface area contributed by atoms with Crippen LogP contribution in [0.4, 0.5) is 4.39 Å². The monoisotopic (exact) mass is 492 g/mol. The Labute approximate surface area is 186 Å². The van der Waals surface area contributed by atoms with E-state index < -0.39 is 11.8 Å². The molecule has 30 heavy (non-hydrogen) atoms. The molecule has 0 spiro atoms. The lowest BCUT2D eigenvalue weighted by Gasteiger charge is -2.25. The van der Waals surface area contributed by atoms with E-state index in [0.717, 1.165) is 0 Å². The van der Waals surface area contributed by atoms with Gasteiger partial charge < -0.3 is 9.47 Å². The number of carbonyl (C=O) groups excluding carboxylic acids is 2. The summed E-state index contributed by atoms with van der Waals surface area (Å²) in [7, 11) is 1.49. The first kappa shape index (κ1) is 21.9. The van der Waals surface area contributed by atoms with E-state index in [0.29, 0.717) is 33.7 Å². The number of nitrogens with zero attached hydrogens (tertiary/aromatic N) is 1. The van der Waals surface area contributed by atoms with Crippen molar-refractivity contribution in [2.24, 2.45) is 0 Å². The summed E-state index contributed by atoms with van der Waals surface area (Å²) in [6.07, 6.45) is 1.46. The number of carbonyl (C=O) groups is 2. The largest absolute Gasteiger partial charge is 0.490 e. The number of hydrogen-bond donors (Lipinski definition) is 1. The molecule has 1 fully saturated rings. The highest BCUT2D eigenvalue weighted by molar-refractivity contribution is 9.10. The van der Waals surface area contributed by atoms with Gasteiger partial charge in [-0.05, 0) is 76.5 Å². The van der Waals surface area contributed by atoms with Gasteiger partial charge >= 0.3 is 0 Å². The first-order valence-corrected chi connectivity index (χ1v) is 10.2. The zero-order valence-electron chi connectivity index (χ0n) is 16.2. The maximum absolute atomic E-state index is 13.4. The molecule has 2 amide bonds. The maximum atomic E-state index is 13.4. The highest BCUT2D eigenvalue weighted by atomic mass is 79.9. The van der Waals surface area contributed by atoms with Gasteiger partial charge in [-0.15, -0.1) is 0 Å². The van der Waals surface area contributed by atoms with E-state index in [9.17, 15) is 14.0 Å². The van der Waals surface area contributed by atoms with Gasteiger partial charge in [0.15, 0.2) is 16.6 Å². The van der Waals surface area contributed by atoms with E-state index in [-0.39, 0.29) is 23.1 Å². The van der Waals surface area contributed by atoms with Crippen LogP contribution in [0.3, 0.4) is 0 Å². The number of nitrogens with one attached hydrogen (secondary N) is 1. The Hall–Kier alpha value is -2.78. The summed E-state index contributed by atoms with van der Waals surface area (Å²) in [5.41, 5.74) is 1.18. The molecule has 2 aromatic carbocycles. The minimum Gasteiger partial charge on any atom is -0.490 e. The molecule has 2 aromatic rings. The maximum Gasteiger partial charge on any atom is 0.265 e. The van der Waals surface area contributed by atoms with Crippen LogP contribution in [0, 0.1) is 5.82 Å². The minimum absolute atomic E-state index is 0.0473. The fraction of sp³-hybridized carbons (Fsp3) is 0.190. The molecule has 1 saturated heterocycles. The van der Waals surface area contributed by atoms with Gasteiger partial charge in [-0.1, -0.05) is 12.1 Å². The molecule has 9 heteroatoms. The second-order valence-electron chi connectivity index (χ2n) is 6.36. The molecule has 0 aliphatic carbocycles. The molecule has 3 rings (SSSR count). The van der Waals surface area contributed by atoms with E-state index in [4.69, 9.17) is 21.7 Å². The molecular weight excluding hydrogens is 475 g/mol. The Balaban J connectivity index is 1.92. The summed E-state index contributed by atoms with van der Waals surface area (Å²) in [6.45, 7) is 2.34. The number of thiocarbonyl (C=S) groups is 1. The van der Waals surface area contributed by atoms with Crippen molar-refractivity contribution in [1.29, 1.82) is 0 Å². The van der Waals surface area contributed by atoms with Crippen molar-refractivity contribution in [3.63, 3.8) is 0 Å². The van der Waals surface area contributed by atoms with E-state index in [1.54, 1.807) is 24.3 Å².